The summed E-state index contributed by atoms with van der Waals surface area (Å²) in [5.41, 5.74) is 1.66. The van der Waals surface area contributed by atoms with Gasteiger partial charge in [0.05, 0.1) is 13.7 Å². The highest BCUT2D eigenvalue weighted by atomic mass is 16.7. The van der Waals surface area contributed by atoms with Crippen molar-refractivity contribution in [1.82, 2.24) is 0 Å². The molecule has 3 aromatic rings. The number of para-hydroxylation sites is 2. The van der Waals surface area contributed by atoms with E-state index in [1.807, 2.05) is 0 Å². The molecular formula is C22H24N2O5. The SMILES string of the molecule is CCC(C)COC1(c2ccc(OC)cc2)OCc2c1[n+]([O-])c1ccccc1[n+]2[O-]. The van der Waals surface area contributed by atoms with Crippen LogP contribution in [0.15, 0.2) is 48.5 Å². The van der Waals surface area contributed by atoms with Crippen molar-refractivity contribution in [2.75, 3.05) is 13.7 Å². The van der Waals surface area contributed by atoms with Crippen molar-refractivity contribution in [1.29, 1.82) is 0 Å². The topological polar surface area (TPSA) is 81.6 Å². The molecule has 0 saturated heterocycles. The molecule has 0 bridgehead atoms. The molecule has 1 aliphatic heterocycles. The molecule has 0 amide bonds. The van der Waals surface area contributed by atoms with Crippen LogP contribution < -0.4 is 14.2 Å². The number of methoxy groups -OCH3 is 1. The minimum Gasteiger partial charge on any atom is -0.618 e. The highest BCUT2D eigenvalue weighted by Gasteiger charge is 2.56. The number of ether oxygens (including phenoxy) is 3. The normalized spacial score (nSPS) is 19.3. The Morgan fingerprint density at radius 3 is 2.34 bits per heavy atom. The third kappa shape index (κ3) is 3.07. The van der Waals surface area contributed by atoms with Crippen molar-refractivity contribution in [2.45, 2.75) is 32.7 Å². The lowest BCUT2D eigenvalue weighted by Crippen LogP contribution is -2.49. The number of fused-ring (bicyclic) bond motifs is 2. The smallest absolute Gasteiger partial charge is 0.329 e. The molecular weight excluding hydrogens is 372 g/mol. The minimum absolute atomic E-state index is 0.0154. The molecule has 0 spiro atoms. The van der Waals surface area contributed by atoms with Gasteiger partial charge in [-0.05, 0) is 30.2 Å². The first-order chi connectivity index (χ1) is 14.0. The van der Waals surface area contributed by atoms with E-state index in [2.05, 4.69) is 13.8 Å². The minimum atomic E-state index is -1.46. The van der Waals surface area contributed by atoms with Gasteiger partial charge in [0.1, 0.15) is 12.4 Å². The van der Waals surface area contributed by atoms with Crippen LogP contribution in [0.1, 0.15) is 37.2 Å². The van der Waals surface area contributed by atoms with Crippen LogP contribution in [-0.2, 0) is 21.9 Å². The van der Waals surface area contributed by atoms with Gasteiger partial charge in [0, 0.05) is 17.7 Å². The van der Waals surface area contributed by atoms with Crippen molar-refractivity contribution in [2.24, 2.45) is 5.92 Å². The van der Waals surface area contributed by atoms with E-state index in [4.69, 9.17) is 14.2 Å². The Morgan fingerprint density at radius 1 is 1.07 bits per heavy atom. The molecule has 7 heteroatoms. The zero-order chi connectivity index (χ0) is 20.6. The van der Waals surface area contributed by atoms with Gasteiger partial charge < -0.3 is 24.6 Å². The van der Waals surface area contributed by atoms with Gasteiger partial charge in [-0.3, -0.25) is 0 Å². The van der Waals surface area contributed by atoms with Gasteiger partial charge in [-0.15, -0.1) is 0 Å². The Hall–Kier alpha value is -2.90. The molecule has 1 aromatic heterocycles. The summed E-state index contributed by atoms with van der Waals surface area (Å²) >= 11 is 0. The molecule has 1 aliphatic rings. The van der Waals surface area contributed by atoms with Crippen LogP contribution in [0.3, 0.4) is 0 Å². The third-order valence-electron chi connectivity index (χ3n) is 5.50. The van der Waals surface area contributed by atoms with Crippen molar-refractivity contribution in [3.63, 3.8) is 0 Å². The quantitative estimate of drug-likeness (QED) is 0.473. The summed E-state index contributed by atoms with van der Waals surface area (Å²) < 4.78 is 19.2. The summed E-state index contributed by atoms with van der Waals surface area (Å²) in [4.78, 5) is 0. The molecule has 0 N–H and O–H groups in total. The maximum atomic E-state index is 13.4. The van der Waals surface area contributed by atoms with Crippen molar-refractivity contribution >= 4 is 11.0 Å². The van der Waals surface area contributed by atoms with Gasteiger partial charge in [0.15, 0.2) is 0 Å². The van der Waals surface area contributed by atoms with E-state index < -0.39 is 5.79 Å². The van der Waals surface area contributed by atoms with Crippen molar-refractivity contribution in [3.05, 3.63) is 75.9 Å². The summed E-state index contributed by atoms with van der Waals surface area (Å²) in [6.45, 7) is 4.51. The largest absolute Gasteiger partial charge is 0.618 e. The number of benzene rings is 2. The molecule has 7 nitrogen and oxygen atoms in total. The van der Waals surface area contributed by atoms with E-state index >= 15 is 0 Å². The molecule has 0 saturated carbocycles. The lowest BCUT2D eigenvalue weighted by atomic mass is 10.0. The Bertz CT molecular complexity index is 1040. The summed E-state index contributed by atoms with van der Waals surface area (Å²) in [5.74, 6) is -0.516. The van der Waals surface area contributed by atoms with Crippen LogP contribution in [0.2, 0.25) is 0 Å². The van der Waals surface area contributed by atoms with Gasteiger partial charge >= 0.3 is 5.69 Å². The number of nitrogens with zero attached hydrogens (tertiary/aromatic N) is 2. The average molecular weight is 396 g/mol. The van der Waals surface area contributed by atoms with E-state index in [-0.39, 0.29) is 29.4 Å². The zero-order valence-electron chi connectivity index (χ0n) is 16.8. The van der Waals surface area contributed by atoms with Crippen LogP contribution in [0.25, 0.3) is 11.0 Å². The monoisotopic (exact) mass is 396 g/mol. The van der Waals surface area contributed by atoms with Gasteiger partial charge in [-0.1, -0.05) is 32.4 Å². The summed E-state index contributed by atoms with van der Waals surface area (Å²) in [6, 6.07) is 13.9. The fourth-order valence-electron chi connectivity index (χ4n) is 3.58. The zero-order valence-corrected chi connectivity index (χ0v) is 16.8. The first-order valence-electron chi connectivity index (χ1n) is 9.71. The standard InChI is InChI=1S/C22H24N2O5/c1-4-15(2)13-28-22(16-9-11-17(27-3)12-10-16)21-20(14-29-22)23(25)18-7-5-6-8-19(18)24(21)26/h5-12,15H,4,13-14H2,1-3H3. The molecule has 0 fully saturated rings. The van der Waals surface area contributed by atoms with Crippen molar-refractivity contribution < 1.29 is 23.7 Å². The molecule has 0 aliphatic carbocycles. The Balaban J connectivity index is 1.94. The van der Waals surface area contributed by atoms with Gasteiger partial charge in [-0.2, -0.15) is 9.46 Å². The lowest BCUT2D eigenvalue weighted by Gasteiger charge is -2.28. The van der Waals surface area contributed by atoms with Crippen LogP contribution in [0.4, 0.5) is 0 Å². The van der Waals surface area contributed by atoms with E-state index in [0.717, 1.165) is 15.9 Å². The maximum absolute atomic E-state index is 13.4. The summed E-state index contributed by atoms with van der Waals surface area (Å²) in [6.07, 6.45) is 0.919. The third-order valence-corrected chi connectivity index (χ3v) is 5.50. The maximum Gasteiger partial charge on any atom is 0.329 e. The van der Waals surface area contributed by atoms with Gasteiger partial charge in [0.2, 0.25) is 0 Å². The Labute approximate surface area is 169 Å². The van der Waals surface area contributed by atoms with Crippen LogP contribution in [-0.4, -0.2) is 13.7 Å². The molecule has 29 heavy (non-hydrogen) atoms. The first-order valence-corrected chi connectivity index (χ1v) is 9.71. The second-order valence-electron chi connectivity index (χ2n) is 7.33. The first kappa shape index (κ1) is 19.4. The van der Waals surface area contributed by atoms with Crippen LogP contribution in [0, 0.1) is 16.3 Å². The number of hydrogen-bond donors (Lipinski definition) is 0. The van der Waals surface area contributed by atoms with Gasteiger partial charge in [-0.25, -0.2) is 0 Å². The van der Waals surface area contributed by atoms with E-state index in [1.54, 1.807) is 55.6 Å². The second-order valence-corrected chi connectivity index (χ2v) is 7.33. The second kappa shape index (κ2) is 7.50. The fraction of sp³-hybridized carbons (Fsp3) is 0.364. The van der Waals surface area contributed by atoms with E-state index in [9.17, 15) is 10.4 Å². The molecule has 2 unspecified atom stereocenters. The number of rotatable bonds is 6. The van der Waals surface area contributed by atoms with E-state index in [0.29, 0.717) is 23.4 Å². The molecule has 4 rings (SSSR count). The highest BCUT2D eigenvalue weighted by molar-refractivity contribution is 5.67. The number of aromatic nitrogens is 2. The molecule has 2 heterocycles. The Morgan fingerprint density at radius 2 is 1.72 bits per heavy atom. The van der Waals surface area contributed by atoms with E-state index in [1.165, 1.54) is 0 Å². The molecule has 152 valence electrons. The molecule has 2 aromatic carbocycles. The van der Waals surface area contributed by atoms with Crippen LogP contribution >= 0.6 is 0 Å². The van der Waals surface area contributed by atoms with Crippen LogP contribution in [0.5, 0.6) is 5.75 Å². The lowest BCUT2D eigenvalue weighted by molar-refractivity contribution is -0.643. The highest BCUT2D eigenvalue weighted by Crippen LogP contribution is 2.41. The number of hydrogen-bond acceptors (Lipinski definition) is 5. The predicted molar refractivity (Wildman–Crippen MR) is 106 cm³/mol. The van der Waals surface area contributed by atoms with Gasteiger partial charge in [0.25, 0.3) is 22.5 Å². The van der Waals surface area contributed by atoms with Crippen molar-refractivity contribution in [3.8, 4) is 5.75 Å². The predicted octanol–water partition coefficient (Wildman–Crippen LogP) is 2.91. The Kier molecular flexibility index (Phi) is 5.02. The molecule has 2 atom stereocenters. The summed E-state index contributed by atoms with van der Waals surface area (Å²) in [7, 11) is 1.59. The fourth-order valence-corrected chi connectivity index (χ4v) is 3.58. The summed E-state index contributed by atoms with van der Waals surface area (Å²) in [5, 5.41) is 26.4. The molecule has 0 radical (unpaired) electrons. The average Bonchev–Trinajstić information content (AvgIpc) is 3.17.